The number of nitrogens with one attached hydrogen (secondary N) is 2. The summed E-state index contributed by atoms with van der Waals surface area (Å²) in [6.07, 6.45) is 0. The van der Waals surface area contributed by atoms with E-state index in [9.17, 15) is 4.79 Å². The fourth-order valence-electron chi connectivity index (χ4n) is 1.80. The molecule has 0 aliphatic carbocycles. The van der Waals surface area contributed by atoms with Crippen molar-refractivity contribution in [3.63, 3.8) is 0 Å². The van der Waals surface area contributed by atoms with E-state index in [1.165, 1.54) is 0 Å². The van der Waals surface area contributed by atoms with E-state index in [1.807, 2.05) is 26.0 Å². The minimum absolute atomic E-state index is 0.307. The van der Waals surface area contributed by atoms with Crippen LogP contribution in [0, 0.1) is 13.8 Å². The number of benzene rings is 2. The Kier molecular flexibility index (Phi) is 3.79. The molecular formula is C15H18N4O. The molecule has 5 nitrogen and oxygen atoms in total. The molecule has 0 saturated carbocycles. The lowest BCUT2D eigenvalue weighted by Gasteiger charge is -2.10. The standard InChI is InChI=1S/C15H18N4O/c1-9-7-11(3-5-13(9)16)18-15(20)19-12-4-6-14(17)10(2)8-12/h3-8H,16-17H2,1-2H3,(H2,18,19,20). The summed E-state index contributed by atoms with van der Waals surface area (Å²) in [5.41, 5.74) is 16.1. The van der Waals surface area contributed by atoms with E-state index in [4.69, 9.17) is 11.5 Å². The lowest BCUT2D eigenvalue weighted by atomic mass is 10.2. The molecule has 0 heterocycles. The fraction of sp³-hybridized carbons (Fsp3) is 0.133. The third-order valence-electron chi connectivity index (χ3n) is 3.06. The summed E-state index contributed by atoms with van der Waals surface area (Å²) in [4.78, 5) is 11.9. The van der Waals surface area contributed by atoms with Crippen molar-refractivity contribution in [2.75, 3.05) is 22.1 Å². The van der Waals surface area contributed by atoms with Gasteiger partial charge >= 0.3 is 6.03 Å². The molecule has 6 N–H and O–H groups in total. The molecule has 0 aliphatic heterocycles. The van der Waals surface area contributed by atoms with Crippen molar-refractivity contribution in [3.05, 3.63) is 47.5 Å². The van der Waals surface area contributed by atoms with Crippen LogP contribution < -0.4 is 22.1 Å². The smallest absolute Gasteiger partial charge is 0.323 e. The van der Waals surface area contributed by atoms with Crippen LogP contribution in [0.3, 0.4) is 0 Å². The number of hydrogen-bond acceptors (Lipinski definition) is 3. The molecule has 104 valence electrons. The zero-order chi connectivity index (χ0) is 14.7. The van der Waals surface area contributed by atoms with E-state index >= 15 is 0 Å². The second kappa shape index (κ2) is 5.52. The van der Waals surface area contributed by atoms with Crippen LogP contribution >= 0.6 is 0 Å². The Balaban J connectivity index is 2.04. The average molecular weight is 270 g/mol. The first-order valence-corrected chi connectivity index (χ1v) is 6.26. The van der Waals surface area contributed by atoms with Crippen molar-refractivity contribution in [1.82, 2.24) is 0 Å². The lowest BCUT2D eigenvalue weighted by Crippen LogP contribution is -2.19. The van der Waals surface area contributed by atoms with Crippen LogP contribution in [0.2, 0.25) is 0 Å². The number of aryl methyl sites for hydroxylation is 2. The number of nitrogens with two attached hydrogens (primary N) is 2. The number of rotatable bonds is 2. The summed E-state index contributed by atoms with van der Waals surface area (Å²) in [6, 6.07) is 10.4. The SMILES string of the molecule is Cc1cc(NC(=O)Nc2ccc(N)c(C)c2)ccc1N. The molecule has 0 spiro atoms. The summed E-state index contributed by atoms with van der Waals surface area (Å²) in [5, 5.41) is 5.51. The molecule has 2 amide bonds. The molecule has 0 aliphatic rings. The quantitative estimate of drug-likeness (QED) is 0.632. The van der Waals surface area contributed by atoms with Gasteiger partial charge in [-0.3, -0.25) is 0 Å². The first-order valence-electron chi connectivity index (χ1n) is 6.26. The summed E-state index contributed by atoms with van der Waals surface area (Å²) < 4.78 is 0. The minimum atomic E-state index is -0.307. The minimum Gasteiger partial charge on any atom is -0.399 e. The van der Waals surface area contributed by atoms with E-state index in [0.29, 0.717) is 22.7 Å². The average Bonchev–Trinajstić information content (AvgIpc) is 2.38. The number of anilines is 4. The molecule has 0 aromatic heterocycles. The summed E-state index contributed by atoms with van der Waals surface area (Å²) in [7, 11) is 0. The molecule has 2 rings (SSSR count). The Morgan fingerprint density at radius 2 is 1.25 bits per heavy atom. The van der Waals surface area contributed by atoms with Crippen LogP contribution in [0.1, 0.15) is 11.1 Å². The number of carbonyl (C=O) groups excluding carboxylic acids is 1. The molecule has 0 atom stereocenters. The topological polar surface area (TPSA) is 93.2 Å². The summed E-state index contributed by atoms with van der Waals surface area (Å²) in [6.45, 7) is 3.78. The number of urea groups is 1. The highest BCUT2D eigenvalue weighted by Crippen LogP contribution is 2.18. The summed E-state index contributed by atoms with van der Waals surface area (Å²) >= 11 is 0. The van der Waals surface area contributed by atoms with Gasteiger partial charge in [0.15, 0.2) is 0 Å². The van der Waals surface area contributed by atoms with Crippen LogP contribution in [-0.2, 0) is 0 Å². The van der Waals surface area contributed by atoms with Gasteiger partial charge in [0.25, 0.3) is 0 Å². The zero-order valence-electron chi connectivity index (χ0n) is 11.5. The maximum Gasteiger partial charge on any atom is 0.323 e. The molecule has 5 heteroatoms. The number of amides is 2. The number of carbonyl (C=O) groups is 1. The van der Waals surface area contributed by atoms with Gasteiger partial charge in [0.05, 0.1) is 0 Å². The summed E-state index contributed by atoms with van der Waals surface area (Å²) in [5.74, 6) is 0. The monoisotopic (exact) mass is 270 g/mol. The fourth-order valence-corrected chi connectivity index (χ4v) is 1.80. The van der Waals surface area contributed by atoms with Crippen LogP contribution in [-0.4, -0.2) is 6.03 Å². The maximum atomic E-state index is 11.9. The number of hydrogen-bond donors (Lipinski definition) is 4. The zero-order valence-corrected chi connectivity index (χ0v) is 11.5. The van der Waals surface area contributed by atoms with Gasteiger partial charge < -0.3 is 22.1 Å². The highest BCUT2D eigenvalue weighted by Gasteiger charge is 2.04. The lowest BCUT2D eigenvalue weighted by molar-refractivity contribution is 0.262. The van der Waals surface area contributed by atoms with Crippen molar-refractivity contribution in [2.45, 2.75) is 13.8 Å². The van der Waals surface area contributed by atoms with E-state index < -0.39 is 0 Å². The Hall–Kier alpha value is -2.69. The van der Waals surface area contributed by atoms with Crippen LogP contribution in [0.15, 0.2) is 36.4 Å². The Labute approximate surface area is 118 Å². The number of nitrogen functional groups attached to an aromatic ring is 2. The molecule has 2 aromatic rings. The Morgan fingerprint density at radius 1 is 0.850 bits per heavy atom. The van der Waals surface area contributed by atoms with Gasteiger partial charge in [-0.05, 0) is 61.4 Å². The maximum absolute atomic E-state index is 11.9. The van der Waals surface area contributed by atoms with Gasteiger partial charge in [0.1, 0.15) is 0 Å². The van der Waals surface area contributed by atoms with Crippen molar-refractivity contribution in [1.29, 1.82) is 0 Å². The van der Waals surface area contributed by atoms with Crippen LogP contribution in [0.5, 0.6) is 0 Å². The Morgan fingerprint density at radius 3 is 1.60 bits per heavy atom. The molecule has 0 radical (unpaired) electrons. The van der Waals surface area contributed by atoms with Crippen molar-refractivity contribution < 1.29 is 4.79 Å². The molecule has 20 heavy (non-hydrogen) atoms. The molecule has 0 bridgehead atoms. The highest BCUT2D eigenvalue weighted by atomic mass is 16.2. The first-order chi connectivity index (χ1) is 9.45. The molecule has 2 aromatic carbocycles. The van der Waals surface area contributed by atoms with Crippen LogP contribution in [0.4, 0.5) is 27.5 Å². The van der Waals surface area contributed by atoms with Gasteiger partial charge in [0.2, 0.25) is 0 Å². The second-order valence-corrected chi connectivity index (χ2v) is 4.72. The van der Waals surface area contributed by atoms with Crippen molar-refractivity contribution in [3.8, 4) is 0 Å². The van der Waals surface area contributed by atoms with Gasteiger partial charge in [-0.15, -0.1) is 0 Å². The van der Waals surface area contributed by atoms with Gasteiger partial charge in [0, 0.05) is 22.7 Å². The van der Waals surface area contributed by atoms with E-state index in [0.717, 1.165) is 11.1 Å². The van der Waals surface area contributed by atoms with E-state index in [1.54, 1.807) is 24.3 Å². The van der Waals surface area contributed by atoms with Gasteiger partial charge in [-0.25, -0.2) is 4.79 Å². The molecule has 0 unspecified atom stereocenters. The predicted molar refractivity (Wildman–Crippen MR) is 83.8 cm³/mol. The normalized spacial score (nSPS) is 10.1. The third-order valence-corrected chi connectivity index (χ3v) is 3.06. The second-order valence-electron chi connectivity index (χ2n) is 4.72. The Bertz CT molecular complexity index is 597. The molecular weight excluding hydrogens is 252 g/mol. The van der Waals surface area contributed by atoms with E-state index in [-0.39, 0.29) is 6.03 Å². The predicted octanol–water partition coefficient (Wildman–Crippen LogP) is 3.11. The van der Waals surface area contributed by atoms with E-state index in [2.05, 4.69) is 10.6 Å². The first kappa shape index (κ1) is 13.7. The highest BCUT2D eigenvalue weighted by molar-refractivity contribution is 6.00. The van der Waals surface area contributed by atoms with Crippen molar-refractivity contribution in [2.24, 2.45) is 0 Å². The van der Waals surface area contributed by atoms with Gasteiger partial charge in [-0.1, -0.05) is 0 Å². The largest absolute Gasteiger partial charge is 0.399 e. The van der Waals surface area contributed by atoms with Gasteiger partial charge in [-0.2, -0.15) is 0 Å². The molecule has 0 fully saturated rings. The third kappa shape index (κ3) is 3.20. The van der Waals surface area contributed by atoms with Crippen LogP contribution in [0.25, 0.3) is 0 Å². The van der Waals surface area contributed by atoms with Crippen molar-refractivity contribution >= 4 is 28.8 Å². The molecule has 0 saturated heterocycles.